The number of aliphatic hydroxyl groups is 3. The molecule has 1 rings (SSSR count). The summed E-state index contributed by atoms with van der Waals surface area (Å²) < 4.78 is 102. The van der Waals surface area contributed by atoms with Crippen LogP contribution in [0.25, 0.3) is 0 Å². The van der Waals surface area contributed by atoms with Gasteiger partial charge in [0.05, 0.1) is 16.8 Å². The first-order valence-electron chi connectivity index (χ1n) is 9.29. The van der Waals surface area contributed by atoms with Crippen LogP contribution in [0.3, 0.4) is 0 Å². The zero-order valence-corrected chi connectivity index (χ0v) is 25.2. The summed E-state index contributed by atoms with van der Waals surface area (Å²) in [6, 6.07) is 10.0. The van der Waals surface area contributed by atoms with E-state index in [4.69, 9.17) is 15.3 Å². The van der Waals surface area contributed by atoms with Crippen LogP contribution in [0, 0.1) is 0 Å². The van der Waals surface area contributed by atoms with Crippen LogP contribution >= 0.6 is 0 Å². The van der Waals surface area contributed by atoms with E-state index in [0.717, 1.165) is 0 Å². The minimum absolute atomic E-state index is 0. The average Bonchev–Trinajstić information content (AvgIpc) is 2.82. The monoisotopic (exact) mass is 658 g/mol. The molecule has 0 spiro atoms. The minimum Gasteiger partial charge on any atom is -0.214 e. The van der Waals surface area contributed by atoms with Crippen molar-refractivity contribution in [3.63, 3.8) is 0 Å². The molecule has 3 nitrogen and oxygen atoms in total. The van der Waals surface area contributed by atoms with Crippen molar-refractivity contribution in [2.75, 3.05) is 0 Å². The number of hydrogen-bond acceptors (Lipinski definition) is 3. The number of rotatable bonds is 0. The molecule has 1 aromatic rings. The summed E-state index contributed by atoms with van der Waals surface area (Å²) >= 11 is -7.10. The van der Waals surface area contributed by atoms with Gasteiger partial charge in [-0.05, 0) is 62.3 Å². The molecule has 0 unspecified atom stereocenters. The summed E-state index contributed by atoms with van der Waals surface area (Å²) in [5, 5.41) is 6.97. The Kier molecular flexibility index (Phi) is 22.6. The first kappa shape index (κ1) is 44.1. The van der Waals surface area contributed by atoms with Crippen molar-refractivity contribution < 1.29 is 81.0 Å². The van der Waals surface area contributed by atoms with Crippen LogP contribution in [0.4, 0.5) is 39.5 Å². The Morgan fingerprint density at radius 1 is 0.500 bits per heavy atom. The van der Waals surface area contributed by atoms with E-state index in [9.17, 15) is 39.5 Å². The third-order valence-electron chi connectivity index (χ3n) is 1.41. The van der Waals surface area contributed by atoms with Gasteiger partial charge in [0.1, 0.15) is 0 Å². The van der Waals surface area contributed by atoms with Crippen molar-refractivity contribution >= 4 is 14.3 Å². The van der Waals surface area contributed by atoms with E-state index >= 15 is 0 Å². The van der Waals surface area contributed by atoms with E-state index < -0.39 is 46.2 Å². The molecular formula is C20H35F9GeO3Zr-. The van der Waals surface area contributed by atoms with Gasteiger partial charge in [0.25, 0.3) is 0 Å². The predicted molar refractivity (Wildman–Crippen MR) is 112 cm³/mol. The second kappa shape index (κ2) is 17.5. The molecule has 0 aromatic heterocycles. The molecule has 0 heterocycles. The van der Waals surface area contributed by atoms with Crippen molar-refractivity contribution in [1.82, 2.24) is 0 Å². The standard InChI is InChI=1S/C5H5.3C4H10O.C3F9Ge.Zr/c1-2-4-5-3-1;3*1-4(2,3)5;4-1(5,6)13(2(7,8)9)3(10,11)12;/h1-5H;3*5H,1-3H3;;/q-1;;;;;. The SMILES string of the molecule is CC(C)(C)O.CC(C)(C)O.CC(C)(C)O.F[C](F)(F)[Ge]([C](F)(F)F)[C](F)(F)F.[Zr].c1cc[cH-]c1. The van der Waals surface area contributed by atoms with Gasteiger partial charge in [-0.1, -0.05) is 0 Å². The second-order valence-electron chi connectivity index (χ2n) is 9.34. The van der Waals surface area contributed by atoms with Gasteiger partial charge < -0.3 is 15.3 Å². The van der Waals surface area contributed by atoms with Crippen LogP contribution in [-0.4, -0.2) is 61.5 Å². The fourth-order valence-electron chi connectivity index (χ4n) is 0.803. The molecule has 0 fully saturated rings. The zero-order chi connectivity index (χ0) is 28.1. The van der Waals surface area contributed by atoms with Gasteiger partial charge in [0, 0.05) is 26.2 Å². The van der Waals surface area contributed by atoms with Gasteiger partial charge in [0.15, 0.2) is 0 Å². The Morgan fingerprint density at radius 2 is 0.647 bits per heavy atom. The predicted octanol–water partition coefficient (Wildman–Crippen LogP) is 6.52. The summed E-state index contributed by atoms with van der Waals surface area (Å²) in [7, 11) is 0. The third-order valence-corrected chi connectivity index (χ3v) is 4.97. The normalized spacial score (nSPS) is 12.3. The van der Waals surface area contributed by atoms with E-state index in [1.807, 2.05) is 30.3 Å². The summed E-state index contributed by atoms with van der Waals surface area (Å²) in [5.41, 5.74) is -1.50. The second-order valence-corrected chi connectivity index (χ2v) is 14.5. The topological polar surface area (TPSA) is 60.7 Å². The van der Waals surface area contributed by atoms with E-state index in [0.29, 0.717) is 0 Å². The molecule has 1 aromatic carbocycles. The van der Waals surface area contributed by atoms with Crippen molar-refractivity contribution in [2.45, 2.75) is 94.1 Å². The Balaban J connectivity index is -0.000000112. The molecular weight excluding hydrogens is 623 g/mol. The minimum atomic E-state index is -7.10. The van der Waals surface area contributed by atoms with E-state index in [-0.39, 0.29) is 26.2 Å². The average molecular weight is 658 g/mol. The Hall–Kier alpha value is 0.0260. The smallest absolute Gasteiger partial charge is 0 e. The van der Waals surface area contributed by atoms with Gasteiger partial charge in [-0.3, -0.25) is 0 Å². The van der Waals surface area contributed by atoms with Crippen LogP contribution in [0.15, 0.2) is 30.3 Å². The number of alkyl halides is 9. The molecule has 205 valence electrons. The molecule has 0 amide bonds. The Labute approximate surface area is 219 Å². The van der Waals surface area contributed by atoms with E-state index in [2.05, 4.69) is 0 Å². The van der Waals surface area contributed by atoms with Crippen LogP contribution in [-0.2, 0) is 26.2 Å². The Bertz CT molecular complexity index is 470. The largest absolute Gasteiger partial charge is 0.214 e. The molecule has 0 saturated heterocycles. The maximum absolute atomic E-state index is 11.3. The molecule has 0 aliphatic carbocycles. The van der Waals surface area contributed by atoms with E-state index in [1.165, 1.54) is 0 Å². The number of halogens is 9. The van der Waals surface area contributed by atoms with Gasteiger partial charge in [-0.2, -0.15) is 18.2 Å². The summed E-state index contributed by atoms with van der Waals surface area (Å²) in [4.78, 5) is 0. The molecule has 0 atom stereocenters. The summed E-state index contributed by atoms with van der Waals surface area (Å²) in [6.45, 7) is 15.7. The maximum atomic E-state index is 11.3. The number of hydrogen-bond donors (Lipinski definition) is 3. The van der Waals surface area contributed by atoms with Crippen LogP contribution < -0.4 is 0 Å². The molecule has 0 bridgehead atoms. The fraction of sp³-hybridized carbons (Fsp3) is 0.750. The summed E-state index contributed by atoms with van der Waals surface area (Å²) in [6.07, 6.45) is 0. The first-order valence-corrected chi connectivity index (χ1v) is 12.4. The van der Waals surface area contributed by atoms with Crippen LogP contribution in [0.2, 0.25) is 0 Å². The summed E-state index contributed by atoms with van der Waals surface area (Å²) in [5.74, 6) is 0. The van der Waals surface area contributed by atoms with Gasteiger partial charge >= 0.3 is 68.9 Å². The molecule has 0 aliphatic heterocycles. The van der Waals surface area contributed by atoms with Gasteiger partial charge in [-0.25, -0.2) is 12.1 Å². The fourth-order valence-corrected chi connectivity index (χ4v) is 2.83. The van der Waals surface area contributed by atoms with Crippen LogP contribution in [0.1, 0.15) is 62.3 Å². The van der Waals surface area contributed by atoms with Crippen LogP contribution in [0.5, 0.6) is 0 Å². The molecule has 0 saturated carbocycles. The third kappa shape index (κ3) is 58.1. The maximum Gasteiger partial charge on any atom is 0 e. The molecule has 34 heavy (non-hydrogen) atoms. The zero-order valence-electron chi connectivity index (χ0n) is 20.6. The molecule has 3 N–H and O–H groups in total. The van der Waals surface area contributed by atoms with Crippen molar-refractivity contribution in [3.05, 3.63) is 30.3 Å². The quantitative estimate of drug-likeness (QED) is 0.169. The van der Waals surface area contributed by atoms with Gasteiger partial charge in [0.2, 0.25) is 0 Å². The van der Waals surface area contributed by atoms with Crippen molar-refractivity contribution in [1.29, 1.82) is 0 Å². The molecule has 14 heteroatoms. The first-order chi connectivity index (χ1) is 13.9. The molecule has 0 aliphatic rings. The van der Waals surface area contributed by atoms with Crippen molar-refractivity contribution in [3.8, 4) is 0 Å². The molecule has 1 radical (unpaired) electrons. The van der Waals surface area contributed by atoms with Crippen molar-refractivity contribution in [2.24, 2.45) is 0 Å². The Morgan fingerprint density at radius 3 is 0.676 bits per heavy atom. The van der Waals surface area contributed by atoms with Gasteiger partial charge in [-0.15, -0.1) is 0 Å². The van der Waals surface area contributed by atoms with E-state index in [1.54, 1.807) is 62.3 Å².